The van der Waals surface area contributed by atoms with E-state index in [1.165, 1.54) is 29.0 Å². The number of carbonyl (C=O) groups is 1. The maximum atomic E-state index is 14.5. The highest BCUT2D eigenvalue weighted by Gasteiger charge is 2.18. The largest absolute Gasteiger partial charge is 0.462 e. The number of hydrogen-bond donors (Lipinski definition) is 1. The van der Waals surface area contributed by atoms with Crippen LogP contribution >= 0.6 is 0 Å². The molecule has 4 rings (SSSR count). The van der Waals surface area contributed by atoms with Crippen molar-refractivity contribution in [2.24, 2.45) is 5.92 Å². The van der Waals surface area contributed by atoms with Crippen molar-refractivity contribution < 1.29 is 18.8 Å². The molecule has 1 aromatic heterocycles. The van der Waals surface area contributed by atoms with Crippen molar-refractivity contribution in [2.75, 3.05) is 11.9 Å². The number of rotatable bonds is 9. The summed E-state index contributed by atoms with van der Waals surface area (Å²) in [5.74, 6) is -0.251. The van der Waals surface area contributed by atoms with Crippen molar-refractivity contribution in [1.82, 2.24) is 14.8 Å². The quantitative estimate of drug-likeness (QED) is 0.180. The third kappa shape index (κ3) is 6.43. The molecule has 0 atom stereocenters. The fourth-order valence-corrected chi connectivity index (χ4v) is 3.34. The van der Waals surface area contributed by atoms with Crippen LogP contribution in [0.5, 0.6) is 6.01 Å². The molecule has 188 valence electrons. The zero-order valence-electron chi connectivity index (χ0n) is 20.2. The molecule has 0 aliphatic heterocycles. The van der Waals surface area contributed by atoms with Crippen LogP contribution in [0.25, 0.3) is 23.2 Å². The minimum atomic E-state index is -0.484. The lowest BCUT2D eigenvalue weighted by Crippen LogP contribution is -2.08. The zero-order valence-corrected chi connectivity index (χ0v) is 20.2. The number of ether oxygens (including phenoxy) is 1. The number of nitro benzene ring substituents is 1. The standard InChI is InChI=1S/C27H24FN5O4/c1-18(2)17-37-27-30-26(23-5-3-4-6-24(23)28)32(31-27)21-14-10-20(11-15-21)29-25(34)16-9-19-7-12-22(13-8-19)33(35)36/h3-16,18H,17H2,1-2H3,(H,29,34)/b16-9+. The molecule has 1 amide bonds. The Morgan fingerprint density at radius 3 is 2.46 bits per heavy atom. The lowest BCUT2D eigenvalue weighted by atomic mass is 10.2. The van der Waals surface area contributed by atoms with E-state index in [1.807, 2.05) is 13.8 Å². The van der Waals surface area contributed by atoms with Crippen molar-refractivity contribution >= 4 is 23.4 Å². The average molecular weight is 502 g/mol. The normalized spacial score (nSPS) is 11.1. The van der Waals surface area contributed by atoms with Gasteiger partial charge in [0.15, 0.2) is 5.82 Å². The Hall–Kier alpha value is -4.86. The monoisotopic (exact) mass is 501 g/mol. The molecule has 0 unspecified atom stereocenters. The highest BCUT2D eigenvalue weighted by molar-refractivity contribution is 6.02. The predicted octanol–water partition coefficient (Wildman–Crippen LogP) is 5.67. The van der Waals surface area contributed by atoms with Crippen LogP contribution in [0.15, 0.2) is 78.9 Å². The summed E-state index contributed by atoms with van der Waals surface area (Å²) in [6.07, 6.45) is 2.89. The van der Waals surface area contributed by atoms with Gasteiger partial charge >= 0.3 is 6.01 Å². The highest BCUT2D eigenvalue weighted by atomic mass is 19.1. The number of nitrogens with zero attached hydrogens (tertiary/aromatic N) is 4. The molecule has 1 N–H and O–H groups in total. The molecule has 0 saturated heterocycles. The number of nitro groups is 1. The summed E-state index contributed by atoms with van der Waals surface area (Å²) in [5, 5.41) is 17.9. The lowest BCUT2D eigenvalue weighted by Gasteiger charge is -2.08. The van der Waals surface area contributed by atoms with E-state index in [1.54, 1.807) is 60.7 Å². The Morgan fingerprint density at radius 1 is 1.11 bits per heavy atom. The van der Waals surface area contributed by atoms with Gasteiger partial charge in [0.2, 0.25) is 5.91 Å². The zero-order chi connectivity index (χ0) is 26.4. The van der Waals surface area contributed by atoms with Crippen LogP contribution in [0.3, 0.4) is 0 Å². The molecule has 0 spiro atoms. The first-order valence-electron chi connectivity index (χ1n) is 11.5. The predicted molar refractivity (Wildman–Crippen MR) is 138 cm³/mol. The first kappa shape index (κ1) is 25.2. The molecule has 4 aromatic rings. The SMILES string of the molecule is CC(C)COc1nc(-c2ccccc2F)n(-c2ccc(NC(=O)/C=C/c3ccc([N+](=O)[O-])cc3)cc2)n1. The van der Waals surface area contributed by atoms with E-state index in [9.17, 15) is 19.3 Å². The second-order valence-corrected chi connectivity index (χ2v) is 8.53. The van der Waals surface area contributed by atoms with Crippen molar-refractivity contribution in [3.63, 3.8) is 0 Å². The van der Waals surface area contributed by atoms with Crippen LogP contribution in [-0.2, 0) is 4.79 Å². The second kappa shape index (κ2) is 11.3. The Kier molecular flexibility index (Phi) is 7.68. The van der Waals surface area contributed by atoms with E-state index in [0.29, 0.717) is 29.4 Å². The van der Waals surface area contributed by atoms with Gasteiger partial charge in [-0.3, -0.25) is 14.9 Å². The van der Waals surface area contributed by atoms with Gasteiger partial charge in [0, 0.05) is 23.9 Å². The Morgan fingerprint density at radius 2 is 1.81 bits per heavy atom. The third-order valence-electron chi connectivity index (χ3n) is 5.16. The van der Waals surface area contributed by atoms with Gasteiger partial charge in [-0.1, -0.05) is 26.0 Å². The molecule has 3 aromatic carbocycles. The molecule has 0 aliphatic carbocycles. The molecule has 0 radical (unpaired) electrons. The smallest absolute Gasteiger partial charge is 0.336 e. The van der Waals surface area contributed by atoms with Crippen molar-refractivity contribution in [3.8, 4) is 23.1 Å². The van der Waals surface area contributed by atoms with Crippen LogP contribution in [-0.4, -0.2) is 32.2 Å². The fraction of sp³-hybridized carbons (Fsp3) is 0.148. The molecule has 0 aliphatic rings. The first-order chi connectivity index (χ1) is 17.8. The lowest BCUT2D eigenvalue weighted by molar-refractivity contribution is -0.384. The number of aromatic nitrogens is 3. The molecule has 37 heavy (non-hydrogen) atoms. The minimum Gasteiger partial charge on any atom is -0.462 e. The molecular weight excluding hydrogens is 477 g/mol. The van der Waals surface area contributed by atoms with Gasteiger partial charge in [-0.15, -0.1) is 5.10 Å². The minimum absolute atomic E-state index is 0.0224. The fourth-order valence-electron chi connectivity index (χ4n) is 3.34. The topological polar surface area (TPSA) is 112 Å². The molecule has 1 heterocycles. The average Bonchev–Trinajstić information content (AvgIpc) is 3.31. The summed E-state index contributed by atoms with van der Waals surface area (Å²) in [5.41, 5.74) is 2.04. The Bertz CT molecular complexity index is 1430. The number of amides is 1. The summed E-state index contributed by atoms with van der Waals surface area (Å²) in [7, 11) is 0. The van der Waals surface area contributed by atoms with Crippen LogP contribution in [0.4, 0.5) is 15.8 Å². The number of anilines is 1. The van der Waals surface area contributed by atoms with E-state index in [-0.39, 0.29) is 29.1 Å². The van der Waals surface area contributed by atoms with Crippen LogP contribution < -0.4 is 10.1 Å². The number of nitrogens with one attached hydrogen (secondary N) is 1. The van der Waals surface area contributed by atoms with Crippen LogP contribution in [0.2, 0.25) is 0 Å². The van der Waals surface area contributed by atoms with E-state index in [4.69, 9.17) is 4.74 Å². The molecule has 10 heteroatoms. The number of hydrogen-bond acceptors (Lipinski definition) is 6. The first-order valence-corrected chi connectivity index (χ1v) is 11.5. The second-order valence-electron chi connectivity index (χ2n) is 8.53. The van der Waals surface area contributed by atoms with Crippen molar-refractivity contribution in [1.29, 1.82) is 0 Å². The van der Waals surface area contributed by atoms with E-state index < -0.39 is 10.7 Å². The van der Waals surface area contributed by atoms with Crippen LogP contribution in [0, 0.1) is 21.8 Å². The van der Waals surface area contributed by atoms with E-state index in [2.05, 4.69) is 15.4 Å². The summed E-state index contributed by atoms with van der Waals surface area (Å²) in [4.78, 5) is 27.0. The molecule has 9 nitrogen and oxygen atoms in total. The molecule has 0 saturated carbocycles. The number of non-ortho nitro benzene ring substituents is 1. The van der Waals surface area contributed by atoms with Gasteiger partial charge in [-0.2, -0.15) is 4.98 Å². The number of halogens is 1. The van der Waals surface area contributed by atoms with Crippen LogP contribution in [0.1, 0.15) is 19.4 Å². The van der Waals surface area contributed by atoms with Gasteiger partial charge < -0.3 is 10.1 Å². The van der Waals surface area contributed by atoms with Crippen molar-refractivity contribution in [3.05, 3.63) is 100 Å². The number of carbonyl (C=O) groups excluding carboxylic acids is 1. The summed E-state index contributed by atoms with van der Waals surface area (Å²) < 4.78 is 21.7. The molecular formula is C27H24FN5O4. The Balaban J connectivity index is 1.51. The number of benzene rings is 3. The summed E-state index contributed by atoms with van der Waals surface area (Å²) in [6.45, 7) is 4.42. The molecule has 0 fully saturated rings. The Labute approximate surface area is 212 Å². The maximum absolute atomic E-state index is 14.5. The van der Waals surface area contributed by atoms with Crippen molar-refractivity contribution in [2.45, 2.75) is 13.8 Å². The van der Waals surface area contributed by atoms with Gasteiger partial charge in [0.25, 0.3) is 5.69 Å². The summed E-state index contributed by atoms with van der Waals surface area (Å²) >= 11 is 0. The van der Waals surface area contributed by atoms with E-state index >= 15 is 0 Å². The molecule has 0 bridgehead atoms. The van der Waals surface area contributed by atoms with Gasteiger partial charge in [0.1, 0.15) is 5.82 Å². The van der Waals surface area contributed by atoms with Gasteiger partial charge in [-0.25, -0.2) is 9.07 Å². The maximum Gasteiger partial charge on any atom is 0.336 e. The highest BCUT2D eigenvalue weighted by Crippen LogP contribution is 2.26. The van der Waals surface area contributed by atoms with E-state index in [0.717, 1.165) is 0 Å². The van der Waals surface area contributed by atoms with Gasteiger partial charge in [-0.05, 0) is 66.1 Å². The summed E-state index contributed by atoms with van der Waals surface area (Å²) in [6, 6.07) is 19.1. The third-order valence-corrected chi connectivity index (χ3v) is 5.16. The van der Waals surface area contributed by atoms with Gasteiger partial charge in [0.05, 0.1) is 22.8 Å².